The van der Waals surface area contributed by atoms with Crippen molar-refractivity contribution in [1.82, 2.24) is 9.13 Å². The number of carboxylic acid groups (broad SMARTS) is 1. The van der Waals surface area contributed by atoms with Gasteiger partial charge in [-0.15, -0.1) is 0 Å². The van der Waals surface area contributed by atoms with Gasteiger partial charge in [-0.25, -0.2) is 9.59 Å². The third kappa shape index (κ3) is 12.0. The zero-order valence-electron chi connectivity index (χ0n) is 42.3. The van der Waals surface area contributed by atoms with Crippen molar-refractivity contribution in [1.29, 1.82) is 0 Å². The van der Waals surface area contributed by atoms with E-state index >= 15 is 0 Å². The van der Waals surface area contributed by atoms with Gasteiger partial charge >= 0.3 is 11.9 Å². The molecule has 9 aromatic rings. The highest BCUT2D eigenvalue weighted by Crippen LogP contribution is 2.42. The van der Waals surface area contributed by atoms with Gasteiger partial charge in [-0.05, 0) is 65.3 Å². The van der Waals surface area contributed by atoms with Crippen LogP contribution in [0.1, 0.15) is 75.5 Å². The van der Waals surface area contributed by atoms with Crippen LogP contribution >= 0.6 is 0 Å². The second kappa shape index (κ2) is 24.8. The predicted octanol–water partition coefficient (Wildman–Crippen LogP) is 9.53. The standard InChI is InChI=1S/C32H28N2O5.C25H22N2O5.C4H8O/c1-2-25-28(30(36)32(33)37)29-26(34(25)18-21-11-5-3-6-12-21)17-23-15-9-10-16-24(23)31(29)39-20-27(35)38-19-22-13-7-4-8-14-22;1-2-18-21(23(30)25(26)31)22-19(27(18)13-15-8-4-3-5-9-15)12-16-10-6-7-11-17(16)24(22)32-14-20(28)29;1-2-4-5-3-1/h3-17H,2,18-20H2,1H3,(H2,33,37);3-12H,2,13-14H2,1H3,(H2,26,31)(H,28,29);1-4H2. The molecule has 10 rings (SSSR count). The molecule has 5 N–H and O–H groups in total. The smallest absolute Gasteiger partial charge is 0.344 e. The lowest BCUT2D eigenvalue weighted by molar-refractivity contribution is -0.147. The molecule has 0 unspecified atom stereocenters. The molecular weight excluding hydrogens is 965 g/mol. The summed E-state index contributed by atoms with van der Waals surface area (Å²) in [5, 5.41) is 13.1. The van der Waals surface area contributed by atoms with E-state index in [-0.39, 0.29) is 30.1 Å². The van der Waals surface area contributed by atoms with Crippen LogP contribution in [0.4, 0.5) is 0 Å². The van der Waals surface area contributed by atoms with E-state index in [4.69, 9.17) is 30.4 Å². The molecule has 388 valence electrons. The fraction of sp³-hybridized carbons (Fsp3) is 0.213. The molecule has 15 nitrogen and oxygen atoms in total. The summed E-state index contributed by atoms with van der Waals surface area (Å²) >= 11 is 0. The number of primary amides is 2. The molecule has 0 aliphatic carbocycles. The quantitative estimate of drug-likeness (QED) is 0.0417. The number of fused-ring (bicyclic) bond motifs is 4. The van der Waals surface area contributed by atoms with Crippen molar-refractivity contribution in [2.75, 3.05) is 26.4 Å². The van der Waals surface area contributed by atoms with E-state index in [1.165, 1.54) is 12.8 Å². The summed E-state index contributed by atoms with van der Waals surface area (Å²) in [7, 11) is 0. The van der Waals surface area contributed by atoms with E-state index in [0.29, 0.717) is 75.6 Å². The molecule has 76 heavy (non-hydrogen) atoms. The fourth-order valence-electron chi connectivity index (χ4n) is 9.58. The number of benzene rings is 7. The largest absolute Gasteiger partial charge is 0.481 e. The van der Waals surface area contributed by atoms with Gasteiger partial charge in [0.25, 0.3) is 23.4 Å². The lowest BCUT2D eigenvalue weighted by Crippen LogP contribution is -2.24. The molecule has 0 atom stereocenters. The van der Waals surface area contributed by atoms with Crippen LogP contribution in [0.2, 0.25) is 0 Å². The van der Waals surface area contributed by atoms with Crippen LogP contribution in [0.5, 0.6) is 11.5 Å². The van der Waals surface area contributed by atoms with Gasteiger partial charge in [0.2, 0.25) is 0 Å². The highest BCUT2D eigenvalue weighted by molar-refractivity contribution is 6.46. The Hall–Kier alpha value is -9.08. The topological polar surface area (TPSA) is 221 Å². The van der Waals surface area contributed by atoms with Gasteiger partial charge in [-0.2, -0.15) is 0 Å². The van der Waals surface area contributed by atoms with Gasteiger partial charge in [-0.1, -0.05) is 153 Å². The third-order valence-electron chi connectivity index (χ3n) is 13.0. The van der Waals surface area contributed by atoms with E-state index in [0.717, 1.165) is 40.7 Å². The van der Waals surface area contributed by atoms with Gasteiger partial charge in [0, 0.05) is 48.5 Å². The molecule has 15 heteroatoms. The molecule has 0 spiro atoms. The number of ether oxygens (including phenoxy) is 4. The summed E-state index contributed by atoms with van der Waals surface area (Å²) < 4.78 is 26.2. The Morgan fingerprint density at radius 2 is 0.934 bits per heavy atom. The SMILES string of the molecule is C1CCOC1.CCc1c(C(=O)C(N)=O)c2c(OCC(=O)O)c3ccccc3cc2n1Cc1ccccc1.CCc1c(C(=O)C(N)=O)c2c(OCC(=O)OCc3ccccc3)c3ccccc3cc2n1Cc1ccccc1. The summed E-state index contributed by atoms with van der Waals surface area (Å²) in [6, 6.07) is 47.8. The molecule has 0 saturated carbocycles. The van der Waals surface area contributed by atoms with Crippen LogP contribution < -0.4 is 20.9 Å². The van der Waals surface area contributed by atoms with Crippen molar-refractivity contribution in [2.24, 2.45) is 11.5 Å². The number of rotatable bonds is 18. The first kappa shape index (κ1) is 53.2. The number of nitrogens with zero attached hydrogens (tertiary/aromatic N) is 2. The predicted molar refractivity (Wildman–Crippen MR) is 291 cm³/mol. The van der Waals surface area contributed by atoms with Crippen LogP contribution in [0.3, 0.4) is 0 Å². The van der Waals surface area contributed by atoms with Crippen molar-refractivity contribution < 1.29 is 52.8 Å². The number of carbonyl (C=O) groups is 6. The number of carboxylic acids is 1. The maximum atomic E-state index is 13.3. The molecule has 7 aromatic carbocycles. The zero-order valence-corrected chi connectivity index (χ0v) is 42.3. The summed E-state index contributed by atoms with van der Waals surface area (Å²) in [5.74, 6) is -4.85. The lowest BCUT2D eigenvalue weighted by Gasteiger charge is -2.13. The molecular formula is C61H58N4O11. The minimum absolute atomic E-state index is 0.118. The third-order valence-corrected chi connectivity index (χ3v) is 13.0. The summed E-state index contributed by atoms with van der Waals surface area (Å²) in [4.78, 5) is 74.3. The second-order valence-corrected chi connectivity index (χ2v) is 18.0. The molecule has 2 aromatic heterocycles. The summed E-state index contributed by atoms with van der Waals surface area (Å²) in [5.41, 5.74) is 16.9. The molecule has 1 saturated heterocycles. The number of carbonyl (C=O) groups excluding carboxylic acids is 5. The molecule has 3 heterocycles. The number of Topliss-reactive ketones (excluding diaryl/α,β-unsaturated/α-hetero) is 2. The maximum absolute atomic E-state index is 13.3. The Morgan fingerprint density at radius 1 is 0.539 bits per heavy atom. The van der Waals surface area contributed by atoms with Crippen molar-refractivity contribution in [3.8, 4) is 11.5 Å². The number of amides is 2. The average molecular weight is 1020 g/mol. The molecule has 0 radical (unpaired) electrons. The minimum Gasteiger partial charge on any atom is -0.481 e. The minimum atomic E-state index is -1.15. The Kier molecular flexibility index (Phi) is 17.3. The number of aromatic nitrogens is 2. The van der Waals surface area contributed by atoms with E-state index in [1.807, 2.05) is 163 Å². The normalized spacial score (nSPS) is 11.9. The number of esters is 1. The zero-order chi connectivity index (χ0) is 53.7. The highest BCUT2D eigenvalue weighted by atomic mass is 16.6. The van der Waals surface area contributed by atoms with Crippen LogP contribution in [-0.2, 0) is 61.2 Å². The molecule has 1 aliphatic heterocycles. The van der Waals surface area contributed by atoms with Gasteiger partial charge in [-0.3, -0.25) is 19.2 Å². The van der Waals surface area contributed by atoms with Crippen molar-refractivity contribution >= 4 is 78.7 Å². The van der Waals surface area contributed by atoms with E-state index in [1.54, 1.807) is 12.1 Å². The average Bonchev–Trinajstić information content (AvgIpc) is 4.21. The second-order valence-electron chi connectivity index (χ2n) is 18.0. The van der Waals surface area contributed by atoms with E-state index in [9.17, 15) is 33.9 Å². The molecule has 0 bridgehead atoms. The number of hydrogen-bond donors (Lipinski definition) is 3. The Labute approximate surface area is 438 Å². The number of ketones is 2. The van der Waals surface area contributed by atoms with Gasteiger partial charge in [0.15, 0.2) is 13.2 Å². The Morgan fingerprint density at radius 3 is 1.32 bits per heavy atom. The van der Waals surface area contributed by atoms with Crippen LogP contribution in [0.15, 0.2) is 152 Å². The molecule has 1 fully saturated rings. The van der Waals surface area contributed by atoms with Gasteiger partial charge in [0.1, 0.15) is 18.1 Å². The van der Waals surface area contributed by atoms with E-state index in [2.05, 4.69) is 0 Å². The number of nitrogens with two attached hydrogens (primary N) is 2. The maximum Gasteiger partial charge on any atom is 0.344 e. The van der Waals surface area contributed by atoms with Gasteiger partial charge < -0.3 is 44.7 Å². The van der Waals surface area contributed by atoms with Crippen molar-refractivity contribution in [3.63, 3.8) is 0 Å². The monoisotopic (exact) mass is 1020 g/mol. The van der Waals surface area contributed by atoms with Gasteiger partial charge in [0.05, 0.1) is 32.9 Å². The highest BCUT2D eigenvalue weighted by Gasteiger charge is 2.31. The van der Waals surface area contributed by atoms with Crippen LogP contribution in [0.25, 0.3) is 43.4 Å². The van der Waals surface area contributed by atoms with Crippen molar-refractivity contribution in [2.45, 2.75) is 59.2 Å². The first-order valence-electron chi connectivity index (χ1n) is 25.0. The van der Waals surface area contributed by atoms with E-state index < -0.39 is 41.9 Å². The summed E-state index contributed by atoms with van der Waals surface area (Å²) in [6.45, 7) is 5.92. The number of hydrogen-bond acceptors (Lipinski definition) is 10. The molecule has 1 aliphatic rings. The summed E-state index contributed by atoms with van der Waals surface area (Å²) in [6.07, 6.45) is 3.50. The first-order valence-corrected chi connectivity index (χ1v) is 25.0. The molecule has 2 amide bonds. The lowest BCUT2D eigenvalue weighted by atomic mass is 10.00. The first-order chi connectivity index (χ1) is 36.9. The van der Waals surface area contributed by atoms with Crippen LogP contribution in [-0.4, -0.2) is 76.0 Å². The Bertz CT molecular complexity index is 3580. The fourth-order valence-corrected chi connectivity index (χ4v) is 9.58. The van der Waals surface area contributed by atoms with Crippen LogP contribution in [0, 0.1) is 0 Å². The Balaban J connectivity index is 0.000000187. The number of aliphatic carboxylic acids is 1. The van der Waals surface area contributed by atoms with Crippen molar-refractivity contribution in [3.05, 3.63) is 191 Å².